The van der Waals surface area contributed by atoms with Gasteiger partial charge in [0.15, 0.2) is 5.60 Å². The number of para-hydroxylation sites is 1. The number of aliphatic hydroxyl groups is 1. The smallest absolute Gasteiger partial charge is 0.270 e. The summed E-state index contributed by atoms with van der Waals surface area (Å²) in [7, 11) is 1.62. The number of aromatic nitrogens is 2. The second-order valence-corrected chi connectivity index (χ2v) is 8.71. The van der Waals surface area contributed by atoms with Gasteiger partial charge < -0.3 is 19.9 Å². The maximum Gasteiger partial charge on any atom is 0.270 e. The number of anilines is 1. The van der Waals surface area contributed by atoms with Crippen molar-refractivity contribution < 1.29 is 24.2 Å². The van der Waals surface area contributed by atoms with Gasteiger partial charge >= 0.3 is 0 Å². The van der Waals surface area contributed by atoms with E-state index in [2.05, 4.69) is 27.1 Å². The number of hydrogen-bond acceptors (Lipinski definition) is 7. The van der Waals surface area contributed by atoms with E-state index in [0.29, 0.717) is 35.9 Å². The molecule has 2 amide bonds. The molecule has 36 heavy (non-hydrogen) atoms. The number of benzene rings is 1. The molecule has 0 aliphatic carbocycles. The van der Waals surface area contributed by atoms with Crippen molar-refractivity contribution in [3.63, 3.8) is 0 Å². The number of fused-ring (bicyclic) bond motifs is 1. The fourth-order valence-corrected chi connectivity index (χ4v) is 3.93. The maximum absolute atomic E-state index is 13.2. The molecule has 2 aliphatic rings. The molecule has 0 bridgehead atoms. The molecule has 1 atom stereocenters. The third kappa shape index (κ3) is 5.05. The van der Waals surface area contributed by atoms with Crippen LogP contribution in [0.5, 0.6) is 11.5 Å². The van der Waals surface area contributed by atoms with Crippen LogP contribution >= 0.6 is 0 Å². The van der Waals surface area contributed by atoms with Gasteiger partial charge in [-0.05, 0) is 48.6 Å². The van der Waals surface area contributed by atoms with Crippen LogP contribution in [0.1, 0.15) is 28.2 Å². The molecule has 5 rings (SSSR count). The Morgan fingerprint density at radius 2 is 2.00 bits per heavy atom. The van der Waals surface area contributed by atoms with Crippen LogP contribution in [0.4, 0.5) is 5.82 Å². The summed E-state index contributed by atoms with van der Waals surface area (Å²) in [4.78, 5) is 36.3. The molecule has 9 nitrogen and oxygen atoms in total. The molecule has 1 unspecified atom stereocenters. The second kappa shape index (κ2) is 9.77. The zero-order valence-electron chi connectivity index (χ0n) is 19.6. The van der Waals surface area contributed by atoms with Crippen LogP contribution in [0, 0.1) is 11.8 Å². The number of nitrogens with zero attached hydrogens (tertiary/aromatic N) is 3. The monoisotopic (exact) mass is 484 g/mol. The summed E-state index contributed by atoms with van der Waals surface area (Å²) in [6.07, 6.45) is 2.44. The molecule has 0 radical (unpaired) electrons. The Morgan fingerprint density at radius 1 is 1.19 bits per heavy atom. The lowest BCUT2D eigenvalue weighted by atomic mass is 10.0. The first-order valence-corrected chi connectivity index (χ1v) is 11.5. The lowest BCUT2D eigenvalue weighted by molar-refractivity contribution is -0.140. The minimum Gasteiger partial charge on any atom is -0.457 e. The number of likely N-dealkylation sites (N-methyl/N-ethyl adjacent to an activating group) is 1. The van der Waals surface area contributed by atoms with Gasteiger partial charge in [0, 0.05) is 19.3 Å². The van der Waals surface area contributed by atoms with Gasteiger partial charge in [0.1, 0.15) is 34.7 Å². The Balaban J connectivity index is 1.29. The fraction of sp³-hybridized carbons (Fsp3) is 0.259. The van der Waals surface area contributed by atoms with Gasteiger partial charge in [-0.2, -0.15) is 0 Å². The second-order valence-electron chi connectivity index (χ2n) is 8.71. The predicted octanol–water partition coefficient (Wildman–Crippen LogP) is 2.09. The summed E-state index contributed by atoms with van der Waals surface area (Å²) in [6.45, 7) is 0.335. The molecule has 1 saturated heterocycles. The van der Waals surface area contributed by atoms with Gasteiger partial charge in [-0.1, -0.05) is 30.2 Å². The van der Waals surface area contributed by atoms with Crippen molar-refractivity contribution in [2.45, 2.75) is 24.5 Å². The molecule has 9 heteroatoms. The number of hydrogen-bond donors (Lipinski definition) is 2. The van der Waals surface area contributed by atoms with E-state index in [1.165, 1.54) is 17.2 Å². The summed E-state index contributed by atoms with van der Waals surface area (Å²) in [5, 5.41) is 12.9. The first kappa shape index (κ1) is 23.5. The number of pyridine rings is 2. The number of nitrogens with one attached hydrogen (secondary N) is 1. The summed E-state index contributed by atoms with van der Waals surface area (Å²) in [5.41, 5.74) is 0.309. The first-order chi connectivity index (χ1) is 17.4. The van der Waals surface area contributed by atoms with Crippen LogP contribution in [0.25, 0.3) is 0 Å². The number of carbonyl (C=O) groups is 2. The molecule has 0 spiro atoms. The Hall–Kier alpha value is -4.26. The number of aryl methyl sites for hydroxylation is 1. The number of carbonyl (C=O) groups excluding carboxylic acids is 2. The van der Waals surface area contributed by atoms with Crippen LogP contribution in [0.3, 0.4) is 0 Å². The van der Waals surface area contributed by atoms with E-state index >= 15 is 0 Å². The Kier molecular flexibility index (Phi) is 6.38. The molecule has 0 saturated carbocycles. The van der Waals surface area contributed by atoms with Gasteiger partial charge in [0.25, 0.3) is 5.91 Å². The molecular weight excluding hydrogens is 460 g/mol. The largest absolute Gasteiger partial charge is 0.457 e. The average Bonchev–Trinajstić information content (AvgIpc) is 2.99. The van der Waals surface area contributed by atoms with Crippen molar-refractivity contribution in [1.82, 2.24) is 15.3 Å². The van der Waals surface area contributed by atoms with Crippen molar-refractivity contribution in [3.8, 4) is 23.3 Å². The topological polar surface area (TPSA) is 114 Å². The van der Waals surface area contributed by atoms with E-state index in [-0.39, 0.29) is 24.8 Å². The molecule has 4 heterocycles. The summed E-state index contributed by atoms with van der Waals surface area (Å²) < 4.78 is 10.8. The Bertz CT molecular complexity index is 1360. The van der Waals surface area contributed by atoms with Crippen molar-refractivity contribution in [1.29, 1.82) is 0 Å². The molecule has 1 fully saturated rings. The van der Waals surface area contributed by atoms with Crippen molar-refractivity contribution >= 4 is 17.6 Å². The predicted molar refractivity (Wildman–Crippen MR) is 131 cm³/mol. The van der Waals surface area contributed by atoms with E-state index < -0.39 is 17.6 Å². The highest BCUT2D eigenvalue weighted by Crippen LogP contribution is 2.25. The Labute approximate surface area is 208 Å². The number of amides is 2. The minimum atomic E-state index is -1.15. The van der Waals surface area contributed by atoms with Gasteiger partial charge in [-0.3, -0.25) is 19.5 Å². The molecule has 2 aliphatic heterocycles. The van der Waals surface area contributed by atoms with Crippen LogP contribution in [-0.2, 0) is 16.0 Å². The van der Waals surface area contributed by atoms with Crippen LogP contribution in [-0.4, -0.2) is 58.8 Å². The van der Waals surface area contributed by atoms with Crippen LogP contribution in [0.2, 0.25) is 0 Å². The van der Waals surface area contributed by atoms with Gasteiger partial charge in [-0.15, -0.1) is 0 Å². The highest BCUT2D eigenvalue weighted by Gasteiger charge is 2.34. The summed E-state index contributed by atoms with van der Waals surface area (Å²) in [5.74, 6) is 6.46. The molecule has 2 aromatic heterocycles. The third-order valence-corrected chi connectivity index (χ3v) is 5.96. The van der Waals surface area contributed by atoms with E-state index in [4.69, 9.17) is 9.47 Å². The molecule has 182 valence electrons. The zero-order valence-corrected chi connectivity index (χ0v) is 19.6. The SMILES string of the molecule is CN1C(=O)C(NC(=O)c2cc(Oc3ccccc3)ccn2)CCc2ccc(C#CC3(O)COC3)nc21. The normalized spacial score (nSPS) is 18.1. The molecular formula is C27H24N4O5. The van der Waals surface area contributed by atoms with Gasteiger partial charge in [0.05, 0.1) is 13.2 Å². The van der Waals surface area contributed by atoms with E-state index in [1.807, 2.05) is 36.4 Å². The zero-order chi connectivity index (χ0) is 25.1. The lowest BCUT2D eigenvalue weighted by Crippen LogP contribution is -2.48. The molecule has 3 aromatic rings. The first-order valence-electron chi connectivity index (χ1n) is 11.5. The summed E-state index contributed by atoms with van der Waals surface area (Å²) in [6, 6.07) is 15.3. The number of ether oxygens (including phenoxy) is 2. The van der Waals surface area contributed by atoms with E-state index in [1.54, 1.807) is 19.2 Å². The average molecular weight is 485 g/mol. The third-order valence-electron chi connectivity index (χ3n) is 5.96. The molecule has 2 N–H and O–H groups in total. The lowest BCUT2D eigenvalue weighted by Gasteiger charge is -2.30. The van der Waals surface area contributed by atoms with E-state index in [0.717, 1.165) is 5.56 Å². The van der Waals surface area contributed by atoms with Crippen LogP contribution < -0.4 is 15.0 Å². The highest BCUT2D eigenvalue weighted by atomic mass is 16.5. The minimum absolute atomic E-state index is 0.147. The standard InChI is InChI=1S/C27H24N4O5/c1-31-24-18(7-9-19(29-24)11-13-27(34)16-35-17-27)8-10-22(26(31)33)30-25(32)23-15-21(12-14-28-23)36-20-5-3-2-4-6-20/h2-7,9,12,14-15,22,34H,8,10,16-17H2,1H3,(H,30,32). The van der Waals surface area contributed by atoms with Crippen LogP contribution in [0.15, 0.2) is 60.8 Å². The van der Waals surface area contributed by atoms with Crippen molar-refractivity contribution in [2.75, 3.05) is 25.2 Å². The highest BCUT2D eigenvalue weighted by molar-refractivity contribution is 6.02. The Morgan fingerprint density at radius 3 is 2.75 bits per heavy atom. The van der Waals surface area contributed by atoms with Gasteiger partial charge in [0.2, 0.25) is 5.91 Å². The maximum atomic E-state index is 13.2. The van der Waals surface area contributed by atoms with Gasteiger partial charge in [-0.25, -0.2) is 4.98 Å². The fourth-order valence-electron chi connectivity index (χ4n) is 3.93. The summed E-state index contributed by atoms with van der Waals surface area (Å²) >= 11 is 0. The molecule has 1 aromatic carbocycles. The van der Waals surface area contributed by atoms with Crippen molar-refractivity contribution in [3.05, 3.63) is 77.7 Å². The van der Waals surface area contributed by atoms with E-state index in [9.17, 15) is 14.7 Å². The number of rotatable bonds is 4. The quantitative estimate of drug-likeness (QED) is 0.545. The van der Waals surface area contributed by atoms with Crippen molar-refractivity contribution in [2.24, 2.45) is 0 Å².